The Morgan fingerprint density at radius 3 is 2.44 bits per heavy atom. The zero-order valence-corrected chi connectivity index (χ0v) is 12.0. The topological polar surface area (TPSA) is 32.3 Å². The first-order valence-electron chi connectivity index (χ1n) is 5.75. The number of piperazine rings is 1. The largest absolute Gasteiger partial charge is 0.339 e. The number of halogens is 1. The number of amides is 1. The summed E-state index contributed by atoms with van der Waals surface area (Å²) in [7, 11) is 0. The Hall–Kier alpha value is 0.0700. The molecule has 1 heterocycles. The minimum atomic E-state index is 0. The van der Waals surface area contributed by atoms with E-state index < -0.39 is 0 Å². The fourth-order valence-corrected chi connectivity index (χ4v) is 2.72. The van der Waals surface area contributed by atoms with Crippen LogP contribution in [0.3, 0.4) is 0 Å². The number of carbonyl (C=O) groups is 1. The Balaban J connectivity index is 0.00000225. The molecule has 96 valence electrons. The lowest BCUT2D eigenvalue weighted by Crippen LogP contribution is -2.56. The summed E-state index contributed by atoms with van der Waals surface area (Å²) >= 11 is 1.75. The highest BCUT2D eigenvalue weighted by atomic mass is 35.5. The van der Waals surface area contributed by atoms with E-state index >= 15 is 0 Å². The van der Waals surface area contributed by atoms with Gasteiger partial charge in [-0.15, -0.1) is 12.4 Å². The lowest BCUT2D eigenvalue weighted by atomic mass is 10.1. The summed E-state index contributed by atoms with van der Waals surface area (Å²) in [5.41, 5.74) is 0. The molecule has 2 unspecified atom stereocenters. The van der Waals surface area contributed by atoms with Crippen molar-refractivity contribution in [2.75, 3.05) is 24.6 Å². The summed E-state index contributed by atoms with van der Waals surface area (Å²) in [6.07, 6.45) is 1.15. The van der Waals surface area contributed by atoms with E-state index in [4.69, 9.17) is 0 Å². The van der Waals surface area contributed by atoms with E-state index in [1.165, 1.54) is 0 Å². The van der Waals surface area contributed by atoms with Crippen molar-refractivity contribution in [1.29, 1.82) is 0 Å². The van der Waals surface area contributed by atoms with E-state index in [2.05, 4.69) is 26.1 Å². The smallest absolute Gasteiger partial charge is 0.232 e. The highest BCUT2D eigenvalue weighted by molar-refractivity contribution is 7.99. The minimum Gasteiger partial charge on any atom is -0.339 e. The van der Waals surface area contributed by atoms with Gasteiger partial charge in [-0.2, -0.15) is 11.8 Å². The van der Waals surface area contributed by atoms with Gasteiger partial charge in [-0.05, 0) is 26.0 Å². The number of nitrogens with one attached hydrogen (secondary N) is 1. The number of thioether (sulfide) groups is 1. The van der Waals surface area contributed by atoms with Crippen LogP contribution < -0.4 is 5.32 Å². The Kier molecular flexibility index (Phi) is 8.24. The van der Waals surface area contributed by atoms with Crippen molar-refractivity contribution in [2.24, 2.45) is 0 Å². The Labute approximate surface area is 109 Å². The van der Waals surface area contributed by atoms with Crippen LogP contribution in [0.5, 0.6) is 0 Å². The van der Waals surface area contributed by atoms with Crippen LogP contribution in [0, 0.1) is 0 Å². The van der Waals surface area contributed by atoms with E-state index in [-0.39, 0.29) is 12.4 Å². The lowest BCUT2D eigenvalue weighted by molar-refractivity contribution is -0.130. The van der Waals surface area contributed by atoms with Gasteiger partial charge < -0.3 is 10.2 Å². The van der Waals surface area contributed by atoms with Crippen LogP contribution in [0.1, 0.15) is 27.2 Å². The van der Waals surface area contributed by atoms with Crippen molar-refractivity contribution in [3.8, 4) is 0 Å². The van der Waals surface area contributed by atoms with Gasteiger partial charge in [-0.3, -0.25) is 4.79 Å². The molecule has 0 radical (unpaired) electrons. The van der Waals surface area contributed by atoms with Gasteiger partial charge in [0, 0.05) is 25.2 Å². The maximum Gasteiger partial charge on any atom is 0.232 e. The number of rotatable bonds is 4. The van der Waals surface area contributed by atoms with Crippen molar-refractivity contribution >= 4 is 30.1 Å². The summed E-state index contributed by atoms with van der Waals surface area (Å²) in [4.78, 5) is 13.8. The fraction of sp³-hybridized carbons (Fsp3) is 0.909. The molecule has 3 nitrogen and oxygen atoms in total. The second kappa shape index (κ2) is 8.20. The van der Waals surface area contributed by atoms with Crippen molar-refractivity contribution < 1.29 is 4.79 Å². The molecule has 2 atom stereocenters. The van der Waals surface area contributed by atoms with E-state index in [1.54, 1.807) is 11.8 Å². The molecule has 1 amide bonds. The molecule has 0 aromatic carbocycles. The van der Waals surface area contributed by atoms with Crippen molar-refractivity contribution in [3.63, 3.8) is 0 Å². The Morgan fingerprint density at radius 1 is 1.38 bits per heavy atom. The van der Waals surface area contributed by atoms with Crippen LogP contribution >= 0.6 is 24.2 Å². The van der Waals surface area contributed by atoms with Crippen molar-refractivity contribution in [1.82, 2.24) is 10.2 Å². The molecule has 0 aromatic rings. The molecule has 1 fully saturated rings. The number of carbonyl (C=O) groups excluding carboxylic acids is 1. The number of hydrogen-bond donors (Lipinski definition) is 1. The van der Waals surface area contributed by atoms with Gasteiger partial charge in [0.15, 0.2) is 0 Å². The van der Waals surface area contributed by atoms with Crippen LogP contribution in [0.2, 0.25) is 0 Å². The van der Waals surface area contributed by atoms with Gasteiger partial charge in [0.05, 0.1) is 5.75 Å². The van der Waals surface area contributed by atoms with Gasteiger partial charge in [0.2, 0.25) is 5.91 Å². The summed E-state index contributed by atoms with van der Waals surface area (Å²) in [6, 6.07) is 0.850. The first-order chi connectivity index (χ1) is 7.13. The molecule has 1 aliphatic rings. The zero-order chi connectivity index (χ0) is 11.3. The third-order valence-electron chi connectivity index (χ3n) is 2.48. The average Bonchev–Trinajstić information content (AvgIpc) is 2.16. The first kappa shape index (κ1) is 16.1. The predicted molar refractivity (Wildman–Crippen MR) is 73.5 cm³/mol. The van der Waals surface area contributed by atoms with Crippen LogP contribution in [-0.2, 0) is 4.79 Å². The molecular formula is C11H23ClN2OS. The molecule has 1 saturated heterocycles. The summed E-state index contributed by atoms with van der Waals surface area (Å²) in [6.45, 7) is 8.13. The molecule has 1 rings (SSSR count). The van der Waals surface area contributed by atoms with E-state index in [1.807, 2.05) is 4.90 Å². The van der Waals surface area contributed by atoms with Gasteiger partial charge in [-0.25, -0.2) is 0 Å². The van der Waals surface area contributed by atoms with Crippen molar-refractivity contribution in [3.05, 3.63) is 0 Å². The van der Waals surface area contributed by atoms with E-state index in [0.717, 1.165) is 25.3 Å². The van der Waals surface area contributed by atoms with Gasteiger partial charge in [0.1, 0.15) is 0 Å². The van der Waals surface area contributed by atoms with Crippen LogP contribution in [0.4, 0.5) is 0 Å². The Bertz CT molecular complexity index is 206. The maximum atomic E-state index is 11.8. The SMILES string of the molecule is CCCSCC(=O)N1CC(C)NC(C)C1.Cl. The van der Waals surface area contributed by atoms with Crippen LogP contribution in [-0.4, -0.2) is 47.5 Å². The molecular weight excluding hydrogens is 244 g/mol. The third kappa shape index (κ3) is 5.41. The minimum absolute atomic E-state index is 0. The summed E-state index contributed by atoms with van der Waals surface area (Å²) in [5.74, 6) is 2.03. The molecule has 16 heavy (non-hydrogen) atoms. The average molecular weight is 267 g/mol. The molecule has 0 bridgehead atoms. The molecule has 1 aliphatic heterocycles. The van der Waals surface area contributed by atoms with E-state index in [0.29, 0.717) is 23.7 Å². The van der Waals surface area contributed by atoms with E-state index in [9.17, 15) is 4.79 Å². The highest BCUT2D eigenvalue weighted by Crippen LogP contribution is 2.08. The lowest BCUT2D eigenvalue weighted by Gasteiger charge is -2.36. The van der Waals surface area contributed by atoms with Gasteiger partial charge in [0.25, 0.3) is 0 Å². The third-order valence-corrected chi connectivity index (χ3v) is 3.63. The molecule has 1 N–H and O–H groups in total. The standard InChI is InChI=1S/C11H22N2OS.ClH/c1-4-5-15-8-11(14)13-6-9(2)12-10(3)7-13;/h9-10,12H,4-8H2,1-3H3;1H. The maximum absolute atomic E-state index is 11.8. The summed E-state index contributed by atoms with van der Waals surface area (Å²) in [5, 5.41) is 3.43. The number of hydrogen-bond acceptors (Lipinski definition) is 3. The van der Waals surface area contributed by atoms with Gasteiger partial charge >= 0.3 is 0 Å². The molecule has 0 aliphatic carbocycles. The second-order valence-electron chi connectivity index (χ2n) is 4.32. The Morgan fingerprint density at radius 2 is 1.94 bits per heavy atom. The van der Waals surface area contributed by atoms with Crippen molar-refractivity contribution in [2.45, 2.75) is 39.3 Å². The fourth-order valence-electron chi connectivity index (χ4n) is 1.93. The first-order valence-corrected chi connectivity index (χ1v) is 6.90. The number of nitrogens with zero attached hydrogens (tertiary/aromatic N) is 1. The molecule has 0 aromatic heterocycles. The molecule has 5 heteroatoms. The highest BCUT2D eigenvalue weighted by Gasteiger charge is 2.24. The quantitative estimate of drug-likeness (QED) is 0.787. The van der Waals surface area contributed by atoms with Crippen LogP contribution in [0.15, 0.2) is 0 Å². The van der Waals surface area contributed by atoms with Crippen LogP contribution in [0.25, 0.3) is 0 Å². The monoisotopic (exact) mass is 266 g/mol. The zero-order valence-electron chi connectivity index (χ0n) is 10.4. The van der Waals surface area contributed by atoms with Gasteiger partial charge in [-0.1, -0.05) is 6.92 Å². The second-order valence-corrected chi connectivity index (χ2v) is 5.43. The normalized spacial score (nSPS) is 25.1. The molecule has 0 spiro atoms. The predicted octanol–water partition coefficient (Wildman–Crippen LogP) is 1.76. The summed E-state index contributed by atoms with van der Waals surface area (Å²) < 4.78 is 0. The molecule has 0 saturated carbocycles.